The van der Waals surface area contributed by atoms with E-state index in [0.29, 0.717) is 19.4 Å². The molecule has 0 aliphatic rings. The Morgan fingerprint density at radius 2 is 2.22 bits per heavy atom. The number of hydrogen-bond donors (Lipinski definition) is 1. The fourth-order valence-corrected chi connectivity index (χ4v) is 1.43. The minimum absolute atomic E-state index is 0.179. The van der Waals surface area contributed by atoms with Gasteiger partial charge in [-0.3, -0.25) is 9.78 Å². The van der Waals surface area contributed by atoms with Gasteiger partial charge in [-0.2, -0.15) is 0 Å². The Labute approximate surface area is 107 Å². The average Bonchev–Trinajstić information content (AvgIpc) is 2.38. The van der Waals surface area contributed by atoms with E-state index < -0.39 is 12.0 Å². The number of hydrogen-bond acceptors (Lipinski definition) is 4. The van der Waals surface area contributed by atoms with Gasteiger partial charge in [-0.25, -0.2) is 4.79 Å². The number of carbonyl (C=O) groups is 2. The summed E-state index contributed by atoms with van der Waals surface area (Å²) in [5, 5.41) is 2.59. The molecule has 1 atom stereocenters. The molecule has 0 bridgehead atoms. The fraction of sp³-hybridized carbons (Fsp3) is 0.462. The second kappa shape index (κ2) is 7.42. The molecule has 1 rings (SSSR count). The zero-order valence-corrected chi connectivity index (χ0v) is 10.7. The Bertz CT molecular complexity index is 392. The zero-order valence-electron chi connectivity index (χ0n) is 10.7. The standard InChI is InChI=1S/C13H18N2O3/c1-3-18-13(17)10(2)15-12(16)8-7-11-6-4-5-9-14-11/h4-6,9-10H,3,7-8H2,1-2H3,(H,15,16). The molecule has 0 aliphatic carbocycles. The molecule has 98 valence electrons. The first-order chi connectivity index (χ1) is 8.63. The largest absolute Gasteiger partial charge is 0.464 e. The van der Waals surface area contributed by atoms with E-state index >= 15 is 0 Å². The minimum atomic E-state index is -0.610. The monoisotopic (exact) mass is 250 g/mol. The van der Waals surface area contributed by atoms with Crippen LogP contribution in [0.2, 0.25) is 0 Å². The first-order valence-corrected chi connectivity index (χ1v) is 5.99. The Hall–Kier alpha value is -1.91. The number of esters is 1. The van der Waals surface area contributed by atoms with Crippen LogP contribution in [-0.2, 0) is 20.7 Å². The summed E-state index contributed by atoms with van der Waals surface area (Å²) in [6.07, 6.45) is 2.55. The van der Waals surface area contributed by atoms with Gasteiger partial charge in [0.25, 0.3) is 0 Å². The number of amides is 1. The van der Waals surface area contributed by atoms with Gasteiger partial charge >= 0.3 is 5.97 Å². The molecule has 1 N–H and O–H groups in total. The van der Waals surface area contributed by atoms with Crippen LogP contribution in [0.4, 0.5) is 0 Å². The van der Waals surface area contributed by atoms with E-state index in [-0.39, 0.29) is 5.91 Å². The van der Waals surface area contributed by atoms with Crippen molar-refractivity contribution in [1.29, 1.82) is 0 Å². The van der Waals surface area contributed by atoms with Crippen molar-refractivity contribution in [3.8, 4) is 0 Å². The second-order valence-corrected chi connectivity index (χ2v) is 3.86. The van der Waals surface area contributed by atoms with E-state index in [1.54, 1.807) is 20.0 Å². The van der Waals surface area contributed by atoms with Crippen molar-refractivity contribution in [3.05, 3.63) is 30.1 Å². The number of carbonyl (C=O) groups excluding carboxylic acids is 2. The fourth-order valence-electron chi connectivity index (χ4n) is 1.43. The smallest absolute Gasteiger partial charge is 0.328 e. The van der Waals surface area contributed by atoms with Crippen LogP contribution in [0.25, 0.3) is 0 Å². The molecule has 1 heterocycles. The van der Waals surface area contributed by atoms with E-state index in [9.17, 15) is 9.59 Å². The van der Waals surface area contributed by atoms with Crippen molar-refractivity contribution in [2.45, 2.75) is 32.7 Å². The Balaban J connectivity index is 2.31. The van der Waals surface area contributed by atoms with Crippen LogP contribution in [0.15, 0.2) is 24.4 Å². The quantitative estimate of drug-likeness (QED) is 0.767. The van der Waals surface area contributed by atoms with Crippen LogP contribution in [-0.4, -0.2) is 29.5 Å². The summed E-state index contributed by atoms with van der Waals surface area (Å²) in [4.78, 5) is 27.0. The molecule has 1 aromatic rings. The number of ether oxygens (including phenoxy) is 1. The topological polar surface area (TPSA) is 68.3 Å². The molecule has 0 saturated heterocycles. The first-order valence-electron chi connectivity index (χ1n) is 5.99. The summed E-state index contributed by atoms with van der Waals surface area (Å²) >= 11 is 0. The highest BCUT2D eigenvalue weighted by Gasteiger charge is 2.16. The molecular formula is C13H18N2O3. The van der Waals surface area contributed by atoms with E-state index in [2.05, 4.69) is 10.3 Å². The average molecular weight is 250 g/mol. The zero-order chi connectivity index (χ0) is 13.4. The third kappa shape index (κ3) is 4.95. The van der Waals surface area contributed by atoms with Crippen LogP contribution < -0.4 is 5.32 Å². The molecule has 1 amide bonds. The Morgan fingerprint density at radius 1 is 1.44 bits per heavy atom. The van der Waals surface area contributed by atoms with Crippen molar-refractivity contribution in [2.75, 3.05) is 6.61 Å². The maximum absolute atomic E-state index is 11.6. The predicted molar refractivity (Wildman–Crippen MR) is 66.8 cm³/mol. The van der Waals surface area contributed by atoms with Crippen molar-refractivity contribution in [2.24, 2.45) is 0 Å². The number of pyridine rings is 1. The molecule has 5 nitrogen and oxygen atoms in total. The van der Waals surface area contributed by atoms with Gasteiger partial charge in [0.1, 0.15) is 6.04 Å². The molecule has 18 heavy (non-hydrogen) atoms. The lowest BCUT2D eigenvalue weighted by atomic mass is 10.2. The minimum Gasteiger partial charge on any atom is -0.464 e. The Kier molecular flexibility index (Phi) is 5.84. The van der Waals surface area contributed by atoms with Gasteiger partial charge in [0, 0.05) is 18.3 Å². The number of nitrogens with zero attached hydrogens (tertiary/aromatic N) is 1. The lowest BCUT2D eigenvalue weighted by Crippen LogP contribution is -2.39. The van der Waals surface area contributed by atoms with Gasteiger partial charge in [0.05, 0.1) is 6.61 Å². The lowest BCUT2D eigenvalue weighted by molar-refractivity contribution is -0.146. The lowest BCUT2D eigenvalue weighted by Gasteiger charge is -2.12. The van der Waals surface area contributed by atoms with Crippen LogP contribution in [0, 0.1) is 0 Å². The highest BCUT2D eigenvalue weighted by molar-refractivity contribution is 5.84. The number of aromatic nitrogens is 1. The van der Waals surface area contributed by atoms with Gasteiger partial charge in [0.2, 0.25) is 5.91 Å². The van der Waals surface area contributed by atoms with Crippen molar-refractivity contribution in [3.63, 3.8) is 0 Å². The van der Waals surface area contributed by atoms with Gasteiger partial charge in [-0.15, -0.1) is 0 Å². The summed E-state index contributed by atoms with van der Waals surface area (Å²) in [5.74, 6) is -0.593. The van der Waals surface area contributed by atoms with Crippen molar-refractivity contribution < 1.29 is 14.3 Å². The maximum atomic E-state index is 11.6. The molecule has 0 spiro atoms. The summed E-state index contributed by atoms with van der Waals surface area (Å²) in [6.45, 7) is 3.65. The summed E-state index contributed by atoms with van der Waals surface area (Å²) in [5.41, 5.74) is 0.858. The molecule has 1 unspecified atom stereocenters. The highest BCUT2D eigenvalue weighted by atomic mass is 16.5. The molecule has 0 aromatic carbocycles. The first kappa shape index (κ1) is 14.2. The van der Waals surface area contributed by atoms with Gasteiger partial charge in [-0.1, -0.05) is 6.07 Å². The van der Waals surface area contributed by atoms with E-state index in [1.807, 2.05) is 18.2 Å². The third-order valence-corrected chi connectivity index (χ3v) is 2.35. The van der Waals surface area contributed by atoms with Crippen LogP contribution in [0.3, 0.4) is 0 Å². The van der Waals surface area contributed by atoms with Crippen LogP contribution >= 0.6 is 0 Å². The van der Waals surface area contributed by atoms with Crippen molar-refractivity contribution in [1.82, 2.24) is 10.3 Å². The molecule has 0 aliphatic heterocycles. The number of rotatable bonds is 6. The third-order valence-electron chi connectivity index (χ3n) is 2.35. The number of aryl methyl sites for hydroxylation is 1. The second-order valence-electron chi connectivity index (χ2n) is 3.86. The predicted octanol–water partition coefficient (Wildman–Crippen LogP) is 1.08. The molecule has 1 aromatic heterocycles. The van der Waals surface area contributed by atoms with Gasteiger partial charge in [0.15, 0.2) is 0 Å². The summed E-state index contributed by atoms with van der Waals surface area (Å²) < 4.78 is 4.80. The van der Waals surface area contributed by atoms with E-state index in [4.69, 9.17) is 4.74 Å². The SMILES string of the molecule is CCOC(=O)C(C)NC(=O)CCc1ccccn1. The van der Waals surface area contributed by atoms with Gasteiger partial charge < -0.3 is 10.1 Å². The normalized spacial score (nSPS) is 11.7. The van der Waals surface area contributed by atoms with Crippen LogP contribution in [0.5, 0.6) is 0 Å². The summed E-state index contributed by atoms with van der Waals surface area (Å²) in [7, 11) is 0. The highest BCUT2D eigenvalue weighted by Crippen LogP contribution is 1.99. The van der Waals surface area contributed by atoms with Crippen molar-refractivity contribution >= 4 is 11.9 Å². The molecule has 0 saturated carbocycles. The molecule has 0 fully saturated rings. The molecular weight excluding hydrogens is 232 g/mol. The van der Waals surface area contributed by atoms with Crippen LogP contribution in [0.1, 0.15) is 26.0 Å². The number of nitrogens with one attached hydrogen (secondary N) is 1. The van der Waals surface area contributed by atoms with Gasteiger partial charge in [-0.05, 0) is 32.4 Å². The molecule has 0 radical (unpaired) electrons. The Morgan fingerprint density at radius 3 is 2.83 bits per heavy atom. The van der Waals surface area contributed by atoms with E-state index in [1.165, 1.54) is 0 Å². The van der Waals surface area contributed by atoms with E-state index in [0.717, 1.165) is 5.69 Å². The maximum Gasteiger partial charge on any atom is 0.328 e. The molecule has 5 heteroatoms. The summed E-state index contributed by atoms with van der Waals surface area (Å²) in [6, 6.07) is 4.96.